The van der Waals surface area contributed by atoms with Crippen LogP contribution in [-0.2, 0) is 9.53 Å². The molecule has 19 heavy (non-hydrogen) atoms. The van der Waals surface area contributed by atoms with Crippen molar-refractivity contribution in [2.45, 2.75) is 32.4 Å². The molecule has 0 amide bonds. The first-order chi connectivity index (χ1) is 9.01. The fourth-order valence-electron chi connectivity index (χ4n) is 1.59. The molecule has 0 radical (unpaired) electrons. The van der Waals surface area contributed by atoms with Crippen molar-refractivity contribution in [2.75, 3.05) is 25.2 Å². The summed E-state index contributed by atoms with van der Waals surface area (Å²) < 4.78 is 5.10. The number of carbonyl (C=O) groups is 1. The molecule has 108 valence electrons. The maximum absolute atomic E-state index is 10.8. The first-order valence-corrected chi connectivity index (χ1v) is 7.08. The average Bonchev–Trinajstić information content (AvgIpc) is 2.87. The predicted molar refractivity (Wildman–Crippen MR) is 75.7 cm³/mol. The van der Waals surface area contributed by atoms with Gasteiger partial charge in [0.25, 0.3) is 0 Å². The molecule has 0 saturated heterocycles. The standard InChI is InChI=1S/C12H21N3O3S/c1-4-8(2)15(5-6-18-3)12-14-9(7-19-12)10(13)11(16)17/h7-8,10H,4-6,13H2,1-3H3,(H,16,17). The minimum atomic E-state index is -1.07. The molecule has 2 unspecified atom stereocenters. The number of hydrogen-bond acceptors (Lipinski definition) is 6. The van der Waals surface area contributed by atoms with Crippen molar-refractivity contribution in [1.82, 2.24) is 4.98 Å². The zero-order valence-electron chi connectivity index (χ0n) is 11.5. The molecule has 0 aliphatic heterocycles. The van der Waals surface area contributed by atoms with Crippen molar-refractivity contribution in [3.63, 3.8) is 0 Å². The number of aromatic nitrogens is 1. The molecule has 6 nitrogen and oxygen atoms in total. The number of anilines is 1. The lowest BCUT2D eigenvalue weighted by molar-refractivity contribution is -0.138. The maximum atomic E-state index is 10.8. The zero-order valence-corrected chi connectivity index (χ0v) is 12.3. The van der Waals surface area contributed by atoms with Crippen molar-refractivity contribution in [2.24, 2.45) is 5.73 Å². The molecule has 1 aromatic rings. The molecule has 0 bridgehead atoms. The topological polar surface area (TPSA) is 88.7 Å². The van der Waals surface area contributed by atoms with Crippen molar-refractivity contribution >= 4 is 22.4 Å². The lowest BCUT2D eigenvalue weighted by Crippen LogP contribution is -2.35. The van der Waals surface area contributed by atoms with E-state index in [0.29, 0.717) is 18.3 Å². The summed E-state index contributed by atoms with van der Waals surface area (Å²) in [5.74, 6) is -1.07. The molecule has 3 N–H and O–H groups in total. The van der Waals surface area contributed by atoms with Gasteiger partial charge >= 0.3 is 5.97 Å². The van der Waals surface area contributed by atoms with Crippen molar-refractivity contribution in [1.29, 1.82) is 0 Å². The van der Waals surface area contributed by atoms with Gasteiger partial charge in [-0.25, -0.2) is 4.98 Å². The zero-order chi connectivity index (χ0) is 14.4. The van der Waals surface area contributed by atoms with Gasteiger partial charge < -0.3 is 20.5 Å². The third kappa shape index (κ3) is 4.15. The molecule has 7 heteroatoms. The summed E-state index contributed by atoms with van der Waals surface area (Å²) in [6, 6.07) is -0.749. The fourth-order valence-corrected chi connectivity index (χ4v) is 2.58. The Morgan fingerprint density at radius 3 is 2.89 bits per heavy atom. The van der Waals surface area contributed by atoms with Gasteiger partial charge in [0.05, 0.1) is 12.3 Å². The number of thiazole rings is 1. The Hall–Kier alpha value is -1.18. The summed E-state index contributed by atoms with van der Waals surface area (Å²) in [5, 5.41) is 11.4. The number of nitrogens with zero attached hydrogens (tertiary/aromatic N) is 2. The molecule has 0 fully saturated rings. The molecular weight excluding hydrogens is 266 g/mol. The monoisotopic (exact) mass is 287 g/mol. The third-order valence-corrected chi connectivity index (χ3v) is 3.90. The molecule has 0 aromatic carbocycles. The first-order valence-electron chi connectivity index (χ1n) is 6.20. The summed E-state index contributed by atoms with van der Waals surface area (Å²) in [7, 11) is 1.66. The highest BCUT2D eigenvalue weighted by Crippen LogP contribution is 2.25. The number of methoxy groups -OCH3 is 1. The summed E-state index contributed by atoms with van der Waals surface area (Å²) >= 11 is 1.41. The summed E-state index contributed by atoms with van der Waals surface area (Å²) in [5.41, 5.74) is 5.96. The summed E-state index contributed by atoms with van der Waals surface area (Å²) in [6.07, 6.45) is 0.976. The van der Waals surface area contributed by atoms with Crippen LogP contribution in [-0.4, -0.2) is 42.4 Å². The quantitative estimate of drug-likeness (QED) is 0.753. The van der Waals surface area contributed by atoms with Gasteiger partial charge in [-0.2, -0.15) is 0 Å². The largest absolute Gasteiger partial charge is 0.480 e. The van der Waals surface area contributed by atoms with Crippen LogP contribution in [0.25, 0.3) is 0 Å². The number of hydrogen-bond donors (Lipinski definition) is 2. The predicted octanol–water partition coefficient (Wildman–Crippen LogP) is 1.48. The van der Waals surface area contributed by atoms with Gasteiger partial charge in [0.1, 0.15) is 6.04 Å². The average molecular weight is 287 g/mol. The summed E-state index contributed by atoms with van der Waals surface area (Å²) in [4.78, 5) is 17.3. The van der Waals surface area contributed by atoms with Crippen molar-refractivity contribution in [3.8, 4) is 0 Å². The highest BCUT2D eigenvalue weighted by atomic mass is 32.1. The van der Waals surface area contributed by atoms with E-state index in [-0.39, 0.29) is 0 Å². The van der Waals surface area contributed by atoms with Crippen LogP contribution in [0.1, 0.15) is 32.0 Å². The Bertz CT molecular complexity index is 411. The first kappa shape index (κ1) is 15.9. The normalized spacial score (nSPS) is 14.1. The highest BCUT2D eigenvalue weighted by molar-refractivity contribution is 7.13. The van der Waals surface area contributed by atoms with E-state index in [1.165, 1.54) is 11.3 Å². The minimum absolute atomic E-state index is 0.315. The van der Waals surface area contributed by atoms with Gasteiger partial charge in [0.15, 0.2) is 5.13 Å². The molecule has 0 spiro atoms. The van der Waals surface area contributed by atoms with Gasteiger partial charge in [0.2, 0.25) is 0 Å². The third-order valence-electron chi connectivity index (χ3n) is 3.00. The van der Waals surface area contributed by atoms with E-state index >= 15 is 0 Å². The van der Waals surface area contributed by atoms with E-state index in [1.807, 2.05) is 0 Å². The second-order valence-electron chi connectivity index (χ2n) is 4.31. The number of carboxylic acids is 1. The van der Waals surface area contributed by atoms with Gasteiger partial charge in [-0.3, -0.25) is 4.79 Å². The van der Waals surface area contributed by atoms with Gasteiger partial charge in [-0.05, 0) is 13.3 Å². The summed E-state index contributed by atoms with van der Waals surface area (Å²) in [6.45, 7) is 5.53. The van der Waals surface area contributed by atoms with Crippen LogP contribution >= 0.6 is 11.3 Å². The Labute approximate surface area is 117 Å². The Kier molecular flexibility index (Phi) is 6.20. The molecule has 1 aromatic heterocycles. The van der Waals surface area contributed by atoms with Gasteiger partial charge in [-0.15, -0.1) is 11.3 Å². The van der Waals surface area contributed by atoms with E-state index < -0.39 is 12.0 Å². The molecule has 1 heterocycles. The number of carboxylic acid groups (broad SMARTS) is 1. The number of nitrogens with two attached hydrogens (primary N) is 1. The minimum Gasteiger partial charge on any atom is -0.480 e. The Morgan fingerprint density at radius 1 is 1.68 bits per heavy atom. The van der Waals surface area contributed by atoms with Crippen LogP contribution in [0.2, 0.25) is 0 Å². The molecule has 0 aliphatic carbocycles. The van der Waals surface area contributed by atoms with Crippen LogP contribution in [0, 0.1) is 0 Å². The van der Waals surface area contributed by atoms with Crippen molar-refractivity contribution < 1.29 is 14.6 Å². The number of aliphatic carboxylic acids is 1. The molecular formula is C12H21N3O3S. The van der Waals surface area contributed by atoms with Gasteiger partial charge in [-0.1, -0.05) is 6.92 Å². The van der Waals surface area contributed by atoms with Crippen LogP contribution in [0.5, 0.6) is 0 Å². The highest BCUT2D eigenvalue weighted by Gasteiger charge is 2.21. The second kappa shape index (κ2) is 7.42. The molecule has 0 aliphatic rings. The number of rotatable bonds is 8. The molecule has 2 atom stereocenters. The smallest absolute Gasteiger partial charge is 0.326 e. The van der Waals surface area contributed by atoms with E-state index in [2.05, 4.69) is 23.7 Å². The maximum Gasteiger partial charge on any atom is 0.326 e. The Balaban J connectivity index is 2.87. The van der Waals surface area contributed by atoms with Gasteiger partial charge in [0, 0.05) is 25.1 Å². The van der Waals surface area contributed by atoms with Crippen molar-refractivity contribution in [3.05, 3.63) is 11.1 Å². The van der Waals surface area contributed by atoms with Crippen LogP contribution in [0.15, 0.2) is 5.38 Å². The SMILES string of the molecule is CCC(C)N(CCOC)c1nc(C(N)C(=O)O)cs1. The van der Waals surface area contributed by atoms with E-state index in [9.17, 15) is 4.79 Å². The number of ether oxygens (including phenoxy) is 1. The van der Waals surface area contributed by atoms with Crippen LogP contribution in [0.4, 0.5) is 5.13 Å². The molecule has 0 saturated carbocycles. The van der Waals surface area contributed by atoms with E-state index in [4.69, 9.17) is 15.6 Å². The van der Waals surface area contributed by atoms with Crippen LogP contribution < -0.4 is 10.6 Å². The van der Waals surface area contributed by atoms with E-state index in [1.54, 1.807) is 12.5 Å². The Morgan fingerprint density at radius 2 is 2.37 bits per heavy atom. The fraction of sp³-hybridized carbons (Fsp3) is 0.667. The second-order valence-corrected chi connectivity index (χ2v) is 5.15. The van der Waals surface area contributed by atoms with E-state index in [0.717, 1.165) is 18.1 Å². The lowest BCUT2D eigenvalue weighted by atomic mass is 10.2. The van der Waals surface area contributed by atoms with Crippen LogP contribution in [0.3, 0.4) is 0 Å². The molecule has 1 rings (SSSR count). The lowest BCUT2D eigenvalue weighted by Gasteiger charge is -2.27.